The lowest BCUT2D eigenvalue weighted by molar-refractivity contribution is 0.323. The van der Waals surface area contributed by atoms with Crippen molar-refractivity contribution in [3.05, 3.63) is 17.7 Å². The molecule has 0 saturated heterocycles. The summed E-state index contributed by atoms with van der Waals surface area (Å²) >= 11 is 0. The number of benzene rings is 1. The molecular weight excluding hydrogens is 232 g/mol. The van der Waals surface area contributed by atoms with Crippen LogP contribution in [-0.4, -0.2) is 27.9 Å². The first-order chi connectivity index (χ1) is 8.67. The first-order valence-corrected chi connectivity index (χ1v) is 5.93. The summed E-state index contributed by atoms with van der Waals surface area (Å²) in [4.78, 5) is 0. The highest BCUT2D eigenvalue weighted by molar-refractivity contribution is 5.54. The maximum atomic E-state index is 6.11. The van der Waals surface area contributed by atoms with Gasteiger partial charge in [0.05, 0.1) is 21.3 Å². The molecule has 1 unspecified atom stereocenters. The van der Waals surface area contributed by atoms with Gasteiger partial charge < -0.3 is 25.7 Å². The smallest absolute Gasteiger partial charge is 0.203 e. The molecule has 1 aromatic carbocycles. The van der Waals surface area contributed by atoms with Crippen molar-refractivity contribution in [2.75, 3.05) is 27.9 Å². The van der Waals surface area contributed by atoms with E-state index in [0.29, 0.717) is 23.8 Å². The molecule has 0 aliphatic rings. The Morgan fingerprint density at radius 1 is 1.06 bits per heavy atom. The largest absolute Gasteiger partial charge is 0.493 e. The zero-order valence-corrected chi connectivity index (χ0v) is 11.2. The standard InChI is InChI=1S/C13H22N2O3/c1-16-11-7-9(10(15)5-4-6-14)8-12(17-2)13(11)18-3/h7-8,10H,4-6,14-15H2,1-3H3. The van der Waals surface area contributed by atoms with Crippen molar-refractivity contribution in [2.45, 2.75) is 18.9 Å². The van der Waals surface area contributed by atoms with E-state index in [4.69, 9.17) is 25.7 Å². The van der Waals surface area contributed by atoms with Crippen molar-refractivity contribution in [1.82, 2.24) is 0 Å². The van der Waals surface area contributed by atoms with Crippen LogP contribution in [0.25, 0.3) is 0 Å². The molecule has 0 amide bonds. The highest BCUT2D eigenvalue weighted by atomic mass is 16.5. The maximum absolute atomic E-state index is 6.11. The van der Waals surface area contributed by atoms with Gasteiger partial charge in [-0.15, -0.1) is 0 Å². The summed E-state index contributed by atoms with van der Waals surface area (Å²) in [5, 5.41) is 0. The van der Waals surface area contributed by atoms with E-state index in [9.17, 15) is 0 Å². The Labute approximate surface area is 108 Å². The number of methoxy groups -OCH3 is 3. The van der Waals surface area contributed by atoms with Gasteiger partial charge in [0, 0.05) is 6.04 Å². The van der Waals surface area contributed by atoms with Crippen LogP contribution in [0.4, 0.5) is 0 Å². The quantitative estimate of drug-likeness (QED) is 0.770. The van der Waals surface area contributed by atoms with Gasteiger partial charge in [-0.25, -0.2) is 0 Å². The van der Waals surface area contributed by atoms with Crippen LogP contribution in [0.3, 0.4) is 0 Å². The van der Waals surface area contributed by atoms with Crippen LogP contribution < -0.4 is 25.7 Å². The highest BCUT2D eigenvalue weighted by Crippen LogP contribution is 2.39. The number of rotatable bonds is 7. The molecule has 0 aliphatic heterocycles. The zero-order valence-electron chi connectivity index (χ0n) is 11.2. The molecule has 0 spiro atoms. The van der Waals surface area contributed by atoms with Gasteiger partial charge >= 0.3 is 0 Å². The molecule has 0 aromatic heterocycles. The van der Waals surface area contributed by atoms with Crippen LogP contribution in [0.1, 0.15) is 24.4 Å². The van der Waals surface area contributed by atoms with Crippen molar-refractivity contribution in [1.29, 1.82) is 0 Å². The SMILES string of the molecule is COc1cc(C(N)CCCN)cc(OC)c1OC. The Hall–Kier alpha value is -1.46. The molecule has 0 bridgehead atoms. The van der Waals surface area contributed by atoms with Gasteiger partial charge in [0.25, 0.3) is 0 Å². The number of hydrogen-bond acceptors (Lipinski definition) is 5. The van der Waals surface area contributed by atoms with Crippen molar-refractivity contribution < 1.29 is 14.2 Å². The van der Waals surface area contributed by atoms with Gasteiger partial charge in [0.1, 0.15) is 0 Å². The van der Waals surface area contributed by atoms with Crippen molar-refractivity contribution in [3.8, 4) is 17.2 Å². The molecule has 0 heterocycles. The number of hydrogen-bond donors (Lipinski definition) is 2. The first-order valence-electron chi connectivity index (χ1n) is 5.93. The summed E-state index contributed by atoms with van der Waals surface area (Å²) in [6, 6.07) is 3.67. The lowest BCUT2D eigenvalue weighted by Gasteiger charge is -2.17. The molecule has 0 radical (unpaired) electrons. The maximum Gasteiger partial charge on any atom is 0.203 e. The first kappa shape index (κ1) is 14.6. The molecule has 5 heteroatoms. The molecule has 1 atom stereocenters. The van der Waals surface area contributed by atoms with E-state index >= 15 is 0 Å². The topological polar surface area (TPSA) is 79.7 Å². The molecule has 0 fully saturated rings. The summed E-state index contributed by atoms with van der Waals surface area (Å²) < 4.78 is 15.8. The molecule has 4 N–H and O–H groups in total. The minimum atomic E-state index is -0.0812. The Morgan fingerprint density at radius 2 is 1.61 bits per heavy atom. The van der Waals surface area contributed by atoms with Crippen LogP contribution in [0, 0.1) is 0 Å². The Balaban J connectivity index is 3.06. The van der Waals surface area contributed by atoms with E-state index in [1.807, 2.05) is 12.1 Å². The van der Waals surface area contributed by atoms with Gasteiger partial charge in [-0.05, 0) is 37.1 Å². The van der Waals surface area contributed by atoms with Crippen LogP contribution in [0.15, 0.2) is 12.1 Å². The second-order valence-corrected chi connectivity index (χ2v) is 4.00. The van der Waals surface area contributed by atoms with Gasteiger partial charge in [-0.3, -0.25) is 0 Å². The number of ether oxygens (including phenoxy) is 3. The van der Waals surface area contributed by atoms with Gasteiger partial charge in [0.2, 0.25) is 5.75 Å². The lowest BCUT2D eigenvalue weighted by Crippen LogP contribution is -2.13. The zero-order chi connectivity index (χ0) is 13.5. The van der Waals surface area contributed by atoms with E-state index in [1.54, 1.807) is 21.3 Å². The monoisotopic (exact) mass is 254 g/mol. The normalized spacial score (nSPS) is 12.1. The summed E-state index contributed by atoms with van der Waals surface area (Å²) in [5.74, 6) is 1.82. The minimum absolute atomic E-state index is 0.0812. The summed E-state index contributed by atoms with van der Waals surface area (Å²) in [5.41, 5.74) is 12.6. The molecule has 5 nitrogen and oxygen atoms in total. The Kier molecular flexibility index (Phi) is 5.74. The third-order valence-electron chi connectivity index (χ3n) is 2.83. The fourth-order valence-corrected chi connectivity index (χ4v) is 1.82. The van der Waals surface area contributed by atoms with Crippen molar-refractivity contribution in [3.63, 3.8) is 0 Å². The Morgan fingerprint density at radius 3 is 2.00 bits per heavy atom. The van der Waals surface area contributed by atoms with E-state index in [1.165, 1.54) is 0 Å². The molecule has 102 valence electrons. The average Bonchev–Trinajstić information content (AvgIpc) is 2.42. The van der Waals surface area contributed by atoms with Gasteiger partial charge in [-0.2, -0.15) is 0 Å². The average molecular weight is 254 g/mol. The van der Waals surface area contributed by atoms with Gasteiger partial charge in [0.15, 0.2) is 11.5 Å². The summed E-state index contributed by atoms with van der Waals surface area (Å²) in [6.07, 6.45) is 1.72. The fraction of sp³-hybridized carbons (Fsp3) is 0.538. The third kappa shape index (κ3) is 3.27. The van der Waals surface area contributed by atoms with Gasteiger partial charge in [-0.1, -0.05) is 0 Å². The third-order valence-corrected chi connectivity index (χ3v) is 2.83. The second-order valence-electron chi connectivity index (χ2n) is 4.00. The predicted molar refractivity (Wildman–Crippen MR) is 71.3 cm³/mol. The molecule has 0 saturated carbocycles. The molecule has 1 aromatic rings. The number of nitrogens with two attached hydrogens (primary N) is 2. The fourth-order valence-electron chi connectivity index (χ4n) is 1.82. The second kappa shape index (κ2) is 7.08. The highest BCUT2D eigenvalue weighted by Gasteiger charge is 2.16. The predicted octanol–water partition coefficient (Wildman–Crippen LogP) is 1.45. The molecule has 1 rings (SSSR count). The van der Waals surface area contributed by atoms with Crippen molar-refractivity contribution >= 4 is 0 Å². The van der Waals surface area contributed by atoms with E-state index in [2.05, 4.69) is 0 Å². The van der Waals surface area contributed by atoms with E-state index in [0.717, 1.165) is 18.4 Å². The van der Waals surface area contributed by atoms with E-state index < -0.39 is 0 Å². The van der Waals surface area contributed by atoms with E-state index in [-0.39, 0.29) is 6.04 Å². The lowest BCUT2D eigenvalue weighted by atomic mass is 10.0. The van der Waals surface area contributed by atoms with Crippen LogP contribution >= 0.6 is 0 Å². The summed E-state index contributed by atoms with van der Waals surface area (Å²) in [7, 11) is 4.76. The van der Waals surface area contributed by atoms with Crippen LogP contribution in [0.2, 0.25) is 0 Å². The van der Waals surface area contributed by atoms with Crippen LogP contribution in [-0.2, 0) is 0 Å². The molecular formula is C13H22N2O3. The van der Waals surface area contributed by atoms with Crippen molar-refractivity contribution in [2.24, 2.45) is 11.5 Å². The Bertz CT molecular complexity index is 357. The van der Waals surface area contributed by atoms with Crippen LogP contribution in [0.5, 0.6) is 17.2 Å². The molecule has 18 heavy (non-hydrogen) atoms. The summed E-state index contributed by atoms with van der Waals surface area (Å²) in [6.45, 7) is 0.637. The minimum Gasteiger partial charge on any atom is -0.493 e. The molecule has 0 aliphatic carbocycles.